The van der Waals surface area contributed by atoms with E-state index in [-0.39, 0.29) is 29.9 Å². The van der Waals surface area contributed by atoms with Crippen molar-refractivity contribution in [3.05, 3.63) is 71.2 Å². The number of piperazine rings is 1. The largest absolute Gasteiger partial charge is 0.475 e. The number of nitrogens with zero attached hydrogens (tertiary/aromatic N) is 6. The number of nitriles is 1. The van der Waals surface area contributed by atoms with E-state index in [1.807, 2.05) is 17.9 Å². The van der Waals surface area contributed by atoms with E-state index in [2.05, 4.69) is 29.5 Å². The van der Waals surface area contributed by atoms with Gasteiger partial charge in [0.05, 0.1) is 17.9 Å². The lowest BCUT2D eigenvalue weighted by molar-refractivity contribution is -0.131. The molecule has 0 spiro atoms. The molecule has 2 fully saturated rings. The average Bonchev–Trinajstić information content (AvgIpc) is 3.44. The van der Waals surface area contributed by atoms with Gasteiger partial charge in [-0.05, 0) is 57.3 Å². The van der Waals surface area contributed by atoms with Crippen LogP contribution in [0, 0.1) is 23.0 Å². The molecule has 3 aliphatic rings. The number of rotatable bonds is 6. The van der Waals surface area contributed by atoms with Crippen LogP contribution in [-0.2, 0) is 17.8 Å². The molecule has 8 nitrogen and oxygen atoms in total. The number of amides is 1. The maximum absolute atomic E-state index is 15.1. The molecule has 4 heterocycles. The third kappa shape index (κ3) is 5.32. The number of hydrogen-bond donors (Lipinski definition) is 0. The van der Waals surface area contributed by atoms with Gasteiger partial charge in [0.15, 0.2) is 17.5 Å². The number of ether oxygens (including phenoxy) is 1. The Labute approximate surface area is 254 Å². The van der Waals surface area contributed by atoms with Gasteiger partial charge in [0.25, 0.3) is 5.91 Å². The SMILES string of the molecule is C=C(F)C(=O)N1CCN(c2c(C#N)c(OC[C@@H]3CCCN3C)nc3c2CCN(c2cccc4ccc(F)c(F)c24)C3)C[C@H]1C. The lowest BCUT2D eigenvalue weighted by atomic mass is 9.96. The Morgan fingerprint density at radius 2 is 1.98 bits per heavy atom. The van der Waals surface area contributed by atoms with Crippen molar-refractivity contribution in [3.8, 4) is 11.9 Å². The molecule has 44 heavy (non-hydrogen) atoms. The van der Waals surface area contributed by atoms with Crippen LogP contribution in [0.2, 0.25) is 0 Å². The molecule has 0 bridgehead atoms. The fourth-order valence-corrected chi connectivity index (χ4v) is 6.83. The van der Waals surface area contributed by atoms with Gasteiger partial charge in [0.1, 0.15) is 18.2 Å². The summed E-state index contributed by atoms with van der Waals surface area (Å²) in [6.07, 6.45) is 2.56. The second kappa shape index (κ2) is 12.0. The predicted molar refractivity (Wildman–Crippen MR) is 162 cm³/mol. The van der Waals surface area contributed by atoms with E-state index in [0.29, 0.717) is 67.2 Å². The summed E-state index contributed by atoms with van der Waals surface area (Å²) in [6.45, 7) is 8.19. The quantitative estimate of drug-likeness (QED) is 0.369. The van der Waals surface area contributed by atoms with Gasteiger partial charge in [-0.3, -0.25) is 4.79 Å². The first kappa shape index (κ1) is 29.8. The Hall–Kier alpha value is -4.30. The molecule has 3 aliphatic heterocycles. The molecule has 0 radical (unpaired) electrons. The monoisotopic (exact) mass is 604 g/mol. The van der Waals surface area contributed by atoms with Crippen LogP contribution >= 0.6 is 0 Å². The van der Waals surface area contributed by atoms with Crippen LogP contribution in [-0.4, -0.2) is 79.2 Å². The summed E-state index contributed by atoms with van der Waals surface area (Å²) in [7, 11) is 2.05. The molecule has 0 unspecified atom stereocenters. The fourth-order valence-electron chi connectivity index (χ4n) is 6.83. The molecule has 2 aromatic carbocycles. The van der Waals surface area contributed by atoms with Gasteiger partial charge in [-0.2, -0.15) is 5.26 Å². The zero-order valence-electron chi connectivity index (χ0n) is 25.0. The number of hydrogen-bond acceptors (Lipinski definition) is 7. The van der Waals surface area contributed by atoms with Gasteiger partial charge in [0, 0.05) is 54.9 Å². The van der Waals surface area contributed by atoms with E-state index in [0.717, 1.165) is 31.0 Å². The Morgan fingerprint density at radius 3 is 2.68 bits per heavy atom. The number of benzene rings is 2. The molecule has 0 N–H and O–H groups in total. The summed E-state index contributed by atoms with van der Waals surface area (Å²) >= 11 is 0. The van der Waals surface area contributed by atoms with Crippen LogP contribution in [0.15, 0.2) is 42.7 Å². The number of likely N-dealkylation sites (tertiary alicyclic amines) is 1. The summed E-state index contributed by atoms with van der Waals surface area (Å²) < 4.78 is 49.4. The molecular formula is C33H35F3N6O2. The average molecular weight is 605 g/mol. The summed E-state index contributed by atoms with van der Waals surface area (Å²) in [4.78, 5) is 25.0. The van der Waals surface area contributed by atoms with E-state index in [4.69, 9.17) is 9.72 Å². The molecule has 0 saturated carbocycles. The van der Waals surface area contributed by atoms with Crippen molar-refractivity contribution in [1.29, 1.82) is 5.26 Å². The number of halogens is 3. The van der Waals surface area contributed by atoms with Crippen LogP contribution in [0.25, 0.3) is 10.8 Å². The van der Waals surface area contributed by atoms with Gasteiger partial charge in [-0.1, -0.05) is 24.8 Å². The molecule has 2 saturated heterocycles. The summed E-state index contributed by atoms with van der Waals surface area (Å²) in [5.74, 6) is -3.28. The number of fused-ring (bicyclic) bond motifs is 2. The lowest BCUT2D eigenvalue weighted by Gasteiger charge is -2.42. The number of carbonyl (C=O) groups is 1. The molecule has 2 atom stereocenters. The smallest absolute Gasteiger partial charge is 0.282 e. The van der Waals surface area contributed by atoms with Gasteiger partial charge >= 0.3 is 0 Å². The number of anilines is 2. The van der Waals surface area contributed by atoms with Crippen LogP contribution in [0.1, 0.15) is 36.6 Å². The Balaban J connectivity index is 1.39. The lowest BCUT2D eigenvalue weighted by Crippen LogP contribution is -2.54. The first-order valence-electron chi connectivity index (χ1n) is 15.0. The van der Waals surface area contributed by atoms with Crippen LogP contribution in [0.4, 0.5) is 24.5 Å². The van der Waals surface area contributed by atoms with E-state index in [1.165, 1.54) is 4.90 Å². The summed E-state index contributed by atoms with van der Waals surface area (Å²) in [5.41, 5.74) is 3.19. The fraction of sp³-hybridized carbons (Fsp3) is 0.424. The highest BCUT2D eigenvalue weighted by molar-refractivity contribution is 5.95. The van der Waals surface area contributed by atoms with Gasteiger partial charge in [-0.25, -0.2) is 18.2 Å². The van der Waals surface area contributed by atoms with Gasteiger partial charge in [0.2, 0.25) is 5.88 Å². The molecule has 6 rings (SSSR count). The van der Waals surface area contributed by atoms with E-state index in [1.54, 1.807) is 18.2 Å². The summed E-state index contributed by atoms with van der Waals surface area (Å²) in [6, 6.07) is 10.3. The molecule has 0 aliphatic carbocycles. The van der Waals surface area contributed by atoms with Crippen LogP contribution in [0.5, 0.6) is 5.88 Å². The van der Waals surface area contributed by atoms with E-state index in [9.17, 15) is 18.8 Å². The minimum Gasteiger partial charge on any atom is -0.475 e. The molecule has 3 aromatic rings. The van der Waals surface area contributed by atoms with Crippen molar-refractivity contribution in [3.63, 3.8) is 0 Å². The molecule has 11 heteroatoms. The van der Waals surface area contributed by atoms with Crippen LogP contribution in [0.3, 0.4) is 0 Å². The van der Waals surface area contributed by atoms with Crippen molar-refractivity contribution in [2.75, 3.05) is 56.2 Å². The van der Waals surface area contributed by atoms with E-state index >= 15 is 4.39 Å². The number of likely N-dealkylation sites (N-methyl/N-ethyl adjacent to an activating group) is 1. The first-order valence-corrected chi connectivity index (χ1v) is 15.0. The minimum absolute atomic E-state index is 0.205. The zero-order chi connectivity index (χ0) is 31.1. The number of pyridine rings is 1. The van der Waals surface area contributed by atoms with Crippen LogP contribution < -0.4 is 14.5 Å². The Morgan fingerprint density at radius 1 is 1.16 bits per heavy atom. The minimum atomic E-state index is -0.998. The van der Waals surface area contributed by atoms with Crippen molar-refractivity contribution in [2.24, 2.45) is 0 Å². The standard InChI is InChI=1S/C33H35F3N6O2/c1-20-17-41(14-15-42(20)33(43)21(2)34)31-24-11-13-40(28-8-4-6-22-9-10-26(35)30(36)29(22)28)18-27(24)38-32(25(31)16-37)44-19-23-7-5-12-39(23)3/h4,6,8-10,20,23H,2,5,7,11-15,17-19H2,1,3H3/t20-,23+/m1/s1. The first-order chi connectivity index (χ1) is 21.2. The maximum atomic E-state index is 15.1. The second-order valence-corrected chi connectivity index (χ2v) is 11.9. The maximum Gasteiger partial charge on any atom is 0.282 e. The molecule has 1 aromatic heterocycles. The predicted octanol–water partition coefficient (Wildman–Crippen LogP) is 4.94. The topological polar surface area (TPSA) is 75.9 Å². The highest BCUT2D eigenvalue weighted by Crippen LogP contribution is 2.40. The Kier molecular flexibility index (Phi) is 8.12. The zero-order valence-corrected chi connectivity index (χ0v) is 25.0. The van der Waals surface area contributed by atoms with Crippen molar-refractivity contribution in [2.45, 2.75) is 44.8 Å². The third-order valence-corrected chi connectivity index (χ3v) is 9.18. The van der Waals surface area contributed by atoms with Gasteiger partial charge in [-0.15, -0.1) is 0 Å². The van der Waals surface area contributed by atoms with Crippen molar-refractivity contribution < 1.29 is 22.7 Å². The third-order valence-electron chi connectivity index (χ3n) is 9.18. The number of carbonyl (C=O) groups excluding carboxylic acids is 1. The normalized spacial score (nSPS) is 20.5. The second-order valence-electron chi connectivity index (χ2n) is 11.9. The highest BCUT2D eigenvalue weighted by Gasteiger charge is 2.35. The molecule has 230 valence electrons. The highest BCUT2D eigenvalue weighted by atomic mass is 19.2. The van der Waals surface area contributed by atoms with Crippen molar-refractivity contribution >= 4 is 28.1 Å². The van der Waals surface area contributed by atoms with E-state index < -0.39 is 23.4 Å². The Bertz CT molecular complexity index is 1670. The molecular weight excluding hydrogens is 569 g/mol. The number of aromatic nitrogens is 1. The van der Waals surface area contributed by atoms with Gasteiger partial charge < -0.3 is 24.3 Å². The summed E-state index contributed by atoms with van der Waals surface area (Å²) in [5, 5.41) is 11.3. The van der Waals surface area contributed by atoms with Crippen molar-refractivity contribution in [1.82, 2.24) is 14.8 Å². The molecule has 1 amide bonds.